The molecule has 1 aromatic carbocycles. The Morgan fingerprint density at radius 2 is 1.71 bits per heavy atom. The molecule has 2 aliphatic heterocycles. The number of carbonyl (C=O) groups excluding carboxylic acids is 1. The van der Waals surface area contributed by atoms with Gasteiger partial charge in [-0.25, -0.2) is 9.37 Å². The lowest BCUT2D eigenvalue weighted by molar-refractivity contribution is 0.0724. The normalized spacial score (nSPS) is 18.2. The van der Waals surface area contributed by atoms with Crippen LogP contribution in [0.25, 0.3) is 0 Å². The number of amides is 1. The molecule has 2 aromatic rings. The Morgan fingerprint density at radius 1 is 1.00 bits per heavy atom. The maximum Gasteiger partial charge on any atom is 0.257 e. The van der Waals surface area contributed by atoms with Crippen molar-refractivity contribution in [3.05, 3.63) is 54.0 Å². The monoisotopic (exact) mass is 383 g/mol. The number of nitrogens with zero attached hydrogens (tertiary/aromatic N) is 3. The summed E-state index contributed by atoms with van der Waals surface area (Å²) in [5.41, 5.74) is 0.697. The number of halogens is 1. The number of hydrogen-bond donors (Lipinski definition) is 0. The highest BCUT2D eigenvalue weighted by molar-refractivity contribution is 5.99. The van der Waals surface area contributed by atoms with Gasteiger partial charge in [0.2, 0.25) is 0 Å². The summed E-state index contributed by atoms with van der Waals surface area (Å²) in [6, 6.07) is 9.88. The highest BCUT2D eigenvalue weighted by atomic mass is 19.1. The fourth-order valence-corrected chi connectivity index (χ4v) is 3.97. The fraction of sp³-hybridized carbons (Fsp3) is 0.455. The van der Waals surface area contributed by atoms with E-state index < -0.39 is 0 Å². The second kappa shape index (κ2) is 8.59. The van der Waals surface area contributed by atoms with E-state index in [9.17, 15) is 9.18 Å². The maximum absolute atomic E-state index is 13.0. The molecule has 6 heteroatoms. The SMILES string of the molecule is O=C(c1cccnc1N1CCC(Oc2ccc(F)cc2)CC1)N1CCCCC1. The second-order valence-corrected chi connectivity index (χ2v) is 7.49. The zero-order chi connectivity index (χ0) is 19.3. The summed E-state index contributed by atoms with van der Waals surface area (Å²) >= 11 is 0. The van der Waals surface area contributed by atoms with Crippen molar-refractivity contribution in [3.8, 4) is 5.75 Å². The van der Waals surface area contributed by atoms with Crippen molar-refractivity contribution in [3.63, 3.8) is 0 Å². The highest BCUT2D eigenvalue weighted by Gasteiger charge is 2.27. The Morgan fingerprint density at radius 3 is 2.43 bits per heavy atom. The van der Waals surface area contributed by atoms with Crippen molar-refractivity contribution in [2.45, 2.75) is 38.2 Å². The first kappa shape index (κ1) is 18.7. The maximum atomic E-state index is 13.0. The Kier molecular flexibility index (Phi) is 5.74. The van der Waals surface area contributed by atoms with Crippen LogP contribution in [0, 0.1) is 5.82 Å². The number of likely N-dealkylation sites (tertiary alicyclic amines) is 1. The van der Waals surface area contributed by atoms with Crippen LogP contribution in [0.15, 0.2) is 42.6 Å². The van der Waals surface area contributed by atoms with E-state index >= 15 is 0 Å². The Bertz CT molecular complexity index is 798. The molecule has 0 saturated carbocycles. The molecule has 148 valence electrons. The number of hydrogen-bond acceptors (Lipinski definition) is 4. The molecule has 5 nitrogen and oxygen atoms in total. The lowest BCUT2D eigenvalue weighted by Gasteiger charge is -2.34. The van der Waals surface area contributed by atoms with Gasteiger partial charge in [0.1, 0.15) is 23.5 Å². The Balaban J connectivity index is 1.40. The quantitative estimate of drug-likeness (QED) is 0.803. The largest absolute Gasteiger partial charge is 0.490 e. The summed E-state index contributed by atoms with van der Waals surface area (Å²) in [6.07, 6.45) is 6.87. The van der Waals surface area contributed by atoms with Crippen LogP contribution in [0.5, 0.6) is 5.75 Å². The van der Waals surface area contributed by atoms with E-state index in [1.165, 1.54) is 18.6 Å². The average molecular weight is 383 g/mol. The van der Waals surface area contributed by atoms with Gasteiger partial charge in [0.15, 0.2) is 0 Å². The van der Waals surface area contributed by atoms with Crippen molar-refractivity contribution in [1.82, 2.24) is 9.88 Å². The molecule has 2 saturated heterocycles. The van der Waals surface area contributed by atoms with Crippen LogP contribution in [0.2, 0.25) is 0 Å². The van der Waals surface area contributed by atoms with E-state index in [4.69, 9.17) is 4.74 Å². The third kappa shape index (κ3) is 4.26. The van der Waals surface area contributed by atoms with E-state index in [0.717, 1.165) is 57.7 Å². The summed E-state index contributed by atoms with van der Waals surface area (Å²) in [6.45, 7) is 3.23. The van der Waals surface area contributed by atoms with Crippen molar-refractivity contribution >= 4 is 11.7 Å². The van der Waals surface area contributed by atoms with Crippen LogP contribution in [0.4, 0.5) is 10.2 Å². The molecule has 0 N–H and O–H groups in total. The molecule has 2 aliphatic rings. The smallest absolute Gasteiger partial charge is 0.257 e. The predicted octanol–water partition coefficient (Wildman–Crippen LogP) is 3.89. The summed E-state index contributed by atoms with van der Waals surface area (Å²) < 4.78 is 19.0. The number of piperidine rings is 2. The fourth-order valence-electron chi connectivity index (χ4n) is 3.97. The van der Waals surface area contributed by atoms with Gasteiger partial charge in [-0.1, -0.05) is 0 Å². The molecule has 0 bridgehead atoms. The molecule has 28 heavy (non-hydrogen) atoms. The second-order valence-electron chi connectivity index (χ2n) is 7.49. The molecule has 0 spiro atoms. The standard InChI is InChI=1S/C22H26FN3O2/c23-17-6-8-18(9-7-17)28-19-10-15-25(16-11-19)21-20(5-4-12-24-21)22(27)26-13-2-1-3-14-26/h4-9,12,19H,1-3,10-11,13-16H2. The Hall–Kier alpha value is -2.63. The van der Waals surface area contributed by atoms with Gasteiger partial charge >= 0.3 is 0 Å². The van der Waals surface area contributed by atoms with Crippen molar-refractivity contribution in [2.24, 2.45) is 0 Å². The first-order valence-electron chi connectivity index (χ1n) is 10.1. The summed E-state index contributed by atoms with van der Waals surface area (Å²) in [4.78, 5) is 21.7. The predicted molar refractivity (Wildman–Crippen MR) is 106 cm³/mol. The van der Waals surface area contributed by atoms with E-state index in [0.29, 0.717) is 11.3 Å². The van der Waals surface area contributed by atoms with Crippen LogP contribution in [-0.2, 0) is 0 Å². The van der Waals surface area contributed by atoms with E-state index in [1.807, 2.05) is 17.0 Å². The first-order valence-corrected chi connectivity index (χ1v) is 10.1. The average Bonchev–Trinajstić information content (AvgIpc) is 2.76. The number of carbonyl (C=O) groups is 1. The number of rotatable bonds is 4. The number of pyridine rings is 1. The van der Waals surface area contributed by atoms with Crippen molar-refractivity contribution in [2.75, 3.05) is 31.1 Å². The zero-order valence-electron chi connectivity index (χ0n) is 16.0. The lowest BCUT2D eigenvalue weighted by Crippen LogP contribution is -2.41. The van der Waals surface area contributed by atoms with Crippen molar-refractivity contribution < 1.29 is 13.9 Å². The molecule has 2 fully saturated rings. The van der Waals surface area contributed by atoms with E-state index in [2.05, 4.69) is 9.88 Å². The number of benzene rings is 1. The third-order valence-electron chi connectivity index (χ3n) is 5.52. The molecular weight excluding hydrogens is 357 g/mol. The lowest BCUT2D eigenvalue weighted by atomic mass is 10.1. The van der Waals surface area contributed by atoms with E-state index in [1.54, 1.807) is 18.3 Å². The van der Waals surface area contributed by atoms with Crippen LogP contribution < -0.4 is 9.64 Å². The van der Waals surface area contributed by atoms with Crippen LogP contribution in [0.3, 0.4) is 0 Å². The molecule has 0 radical (unpaired) electrons. The summed E-state index contributed by atoms with van der Waals surface area (Å²) in [7, 11) is 0. The van der Waals surface area contributed by atoms with Crippen LogP contribution >= 0.6 is 0 Å². The van der Waals surface area contributed by atoms with Gasteiger partial charge in [-0.3, -0.25) is 4.79 Å². The van der Waals surface area contributed by atoms with Crippen LogP contribution in [-0.4, -0.2) is 48.1 Å². The van der Waals surface area contributed by atoms with Gasteiger partial charge in [0.05, 0.1) is 5.56 Å². The van der Waals surface area contributed by atoms with Crippen molar-refractivity contribution in [1.29, 1.82) is 0 Å². The number of ether oxygens (including phenoxy) is 1. The third-order valence-corrected chi connectivity index (χ3v) is 5.52. The molecule has 4 rings (SSSR count). The van der Waals surface area contributed by atoms with Gasteiger partial charge in [-0.05, 0) is 55.7 Å². The molecule has 1 aromatic heterocycles. The first-order chi connectivity index (χ1) is 13.7. The molecular formula is C22H26FN3O2. The zero-order valence-corrected chi connectivity index (χ0v) is 16.0. The van der Waals surface area contributed by atoms with Gasteiger partial charge < -0.3 is 14.5 Å². The molecule has 3 heterocycles. The minimum absolute atomic E-state index is 0.0895. The van der Waals surface area contributed by atoms with E-state index in [-0.39, 0.29) is 17.8 Å². The van der Waals surface area contributed by atoms with Gasteiger partial charge in [0, 0.05) is 45.2 Å². The highest BCUT2D eigenvalue weighted by Crippen LogP contribution is 2.26. The minimum Gasteiger partial charge on any atom is -0.490 e. The summed E-state index contributed by atoms with van der Waals surface area (Å²) in [5.74, 6) is 1.30. The topological polar surface area (TPSA) is 45.7 Å². The molecule has 0 aliphatic carbocycles. The molecule has 0 atom stereocenters. The van der Waals surface area contributed by atoms with Crippen LogP contribution in [0.1, 0.15) is 42.5 Å². The summed E-state index contributed by atoms with van der Waals surface area (Å²) in [5, 5.41) is 0. The minimum atomic E-state index is -0.261. The van der Waals surface area contributed by atoms with Gasteiger partial charge in [-0.15, -0.1) is 0 Å². The van der Waals surface area contributed by atoms with Gasteiger partial charge in [-0.2, -0.15) is 0 Å². The molecule has 1 amide bonds. The molecule has 0 unspecified atom stereocenters. The number of aromatic nitrogens is 1. The number of anilines is 1. The Labute approximate surface area is 165 Å². The van der Waals surface area contributed by atoms with Gasteiger partial charge in [0.25, 0.3) is 5.91 Å².